The molecule has 0 radical (unpaired) electrons. The van der Waals surface area contributed by atoms with Crippen molar-refractivity contribution >= 4 is 0 Å². The van der Waals surface area contributed by atoms with Crippen LogP contribution in [0.1, 0.15) is 33.1 Å². The molecular formula is C12H26N2O. The molecule has 3 nitrogen and oxygen atoms in total. The molecule has 1 aliphatic heterocycles. The number of ether oxygens (including phenoxy) is 1. The Bertz CT molecular complexity index is 145. The first-order valence-corrected chi connectivity index (χ1v) is 6.37. The monoisotopic (exact) mass is 214 g/mol. The molecule has 0 aromatic rings. The maximum Gasteiger partial charge on any atom is 0.0990 e. The van der Waals surface area contributed by atoms with Crippen LogP contribution in [-0.4, -0.2) is 44.4 Å². The Morgan fingerprint density at radius 1 is 1.27 bits per heavy atom. The average molecular weight is 214 g/mol. The first-order valence-electron chi connectivity index (χ1n) is 6.37. The van der Waals surface area contributed by atoms with E-state index in [1.807, 2.05) is 0 Å². The maximum absolute atomic E-state index is 5.42. The summed E-state index contributed by atoms with van der Waals surface area (Å²) >= 11 is 0. The quantitative estimate of drug-likeness (QED) is 0.653. The molecule has 15 heavy (non-hydrogen) atoms. The molecule has 1 rings (SSSR count). The molecule has 0 atom stereocenters. The van der Waals surface area contributed by atoms with E-state index in [9.17, 15) is 0 Å². The zero-order chi connectivity index (χ0) is 10.9. The molecule has 1 N–H and O–H groups in total. The van der Waals surface area contributed by atoms with Gasteiger partial charge in [-0.15, -0.1) is 0 Å². The van der Waals surface area contributed by atoms with Gasteiger partial charge in [0.05, 0.1) is 6.73 Å². The normalized spacial score (nSPS) is 19.6. The number of rotatable bonds is 7. The largest absolute Gasteiger partial charge is 0.366 e. The Morgan fingerprint density at radius 3 is 2.60 bits per heavy atom. The lowest BCUT2D eigenvalue weighted by Crippen LogP contribution is -2.38. The third-order valence-corrected chi connectivity index (χ3v) is 3.04. The second-order valence-corrected chi connectivity index (χ2v) is 4.39. The Kier molecular flexibility index (Phi) is 6.98. The summed E-state index contributed by atoms with van der Waals surface area (Å²) in [7, 11) is 0. The fourth-order valence-corrected chi connectivity index (χ4v) is 2.02. The fraction of sp³-hybridized carbons (Fsp3) is 1.00. The van der Waals surface area contributed by atoms with E-state index in [1.165, 1.54) is 45.4 Å². The van der Waals surface area contributed by atoms with Crippen molar-refractivity contribution in [2.24, 2.45) is 5.92 Å². The molecule has 0 amide bonds. The van der Waals surface area contributed by atoms with Gasteiger partial charge in [-0.25, -0.2) is 0 Å². The van der Waals surface area contributed by atoms with Gasteiger partial charge in [0.25, 0.3) is 0 Å². The molecule has 1 aliphatic rings. The second-order valence-electron chi connectivity index (χ2n) is 4.39. The molecule has 1 saturated heterocycles. The molecule has 0 saturated carbocycles. The van der Waals surface area contributed by atoms with Gasteiger partial charge in [0.2, 0.25) is 0 Å². The first kappa shape index (κ1) is 12.9. The van der Waals surface area contributed by atoms with Gasteiger partial charge in [0.15, 0.2) is 0 Å². The lowest BCUT2D eigenvalue weighted by atomic mass is 9.97. The van der Waals surface area contributed by atoms with Crippen LogP contribution in [0, 0.1) is 5.92 Å². The van der Waals surface area contributed by atoms with Gasteiger partial charge in [-0.3, -0.25) is 4.90 Å². The molecule has 0 unspecified atom stereocenters. The van der Waals surface area contributed by atoms with E-state index in [0.29, 0.717) is 0 Å². The number of likely N-dealkylation sites (tertiary alicyclic amines) is 1. The van der Waals surface area contributed by atoms with Crippen LogP contribution in [0.15, 0.2) is 0 Å². The molecule has 3 heteroatoms. The topological polar surface area (TPSA) is 24.5 Å². The highest BCUT2D eigenvalue weighted by Gasteiger charge is 2.18. The zero-order valence-electron chi connectivity index (χ0n) is 10.3. The summed E-state index contributed by atoms with van der Waals surface area (Å²) in [5.74, 6) is 0.884. The fourth-order valence-electron chi connectivity index (χ4n) is 2.02. The molecule has 0 bridgehead atoms. The van der Waals surface area contributed by atoms with E-state index in [1.54, 1.807) is 0 Å². The highest BCUT2D eigenvalue weighted by molar-refractivity contribution is 4.72. The van der Waals surface area contributed by atoms with Crippen LogP contribution in [0.5, 0.6) is 0 Å². The van der Waals surface area contributed by atoms with E-state index in [4.69, 9.17) is 4.74 Å². The van der Waals surface area contributed by atoms with Gasteiger partial charge in [0.1, 0.15) is 0 Å². The zero-order valence-corrected chi connectivity index (χ0v) is 10.3. The third kappa shape index (κ3) is 5.50. The van der Waals surface area contributed by atoms with Crippen LogP contribution in [0.2, 0.25) is 0 Å². The van der Waals surface area contributed by atoms with Crippen molar-refractivity contribution in [3.8, 4) is 0 Å². The van der Waals surface area contributed by atoms with Crippen molar-refractivity contribution < 1.29 is 4.74 Å². The van der Waals surface area contributed by atoms with Crippen LogP contribution < -0.4 is 5.32 Å². The summed E-state index contributed by atoms with van der Waals surface area (Å²) in [6, 6.07) is 0. The molecular weight excluding hydrogens is 188 g/mol. The smallest absolute Gasteiger partial charge is 0.0990 e. The van der Waals surface area contributed by atoms with Crippen molar-refractivity contribution in [2.45, 2.75) is 33.1 Å². The number of piperidine rings is 1. The standard InChI is InChI=1S/C12H26N2O/c1-3-7-13-10-12-5-8-14(9-6-12)11-15-4-2/h12-13H,3-11H2,1-2H3. The van der Waals surface area contributed by atoms with Crippen LogP contribution in [0.25, 0.3) is 0 Å². The third-order valence-electron chi connectivity index (χ3n) is 3.04. The van der Waals surface area contributed by atoms with Crippen LogP contribution in [0.4, 0.5) is 0 Å². The second kappa shape index (κ2) is 8.08. The Balaban J connectivity index is 2.02. The lowest BCUT2D eigenvalue weighted by Gasteiger charge is -2.31. The van der Waals surface area contributed by atoms with Gasteiger partial charge >= 0.3 is 0 Å². The Hall–Kier alpha value is -0.120. The summed E-state index contributed by atoms with van der Waals surface area (Å²) in [6.45, 7) is 10.7. The van der Waals surface area contributed by atoms with Crippen molar-refractivity contribution in [3.63, 3.8) is 0 Å². The van der Waals surface area contributed by atoms with Crippen LogP contribution in [0.3, 0.4) is 0 Å². The van der Waals surface area contributed by atoms with Crippen LogP contribution in [-0.2, 0) is 4.74 Å². The van der Waals surface area contributed by atoms with Gasteiger partial charge in [-0.2, -0.15) is 0 Å². The molecule has 90 valence electrons. The van der Waals surface area contributed by atoms with Crippen molar-refractivity contribution in [3.05, 3.63) is 0 Å². The predicted molar refractivity (Wildman–Crippen MR) is 64.0 cm³/mol. The number of hydrogen-bond acceptors (Lipinski definition) is 3. The summed E-state index contributed by atoms with van der Waals surface area (Å²) in [5.41, 5.74) is 0. The van der Waals surface area contributed by atoms with Crippen molar-refractivity contribution in [2.75, 3.05) is 39.5 Å². The van der Waals surface area contributed by atoms with Gasteiger partial charge in [0, 0.05) is 19.7 Å². The predicted octanol–water partition coefficient (Wildman–Crippen LogP) is 1.69. The summed E-state index contributed by atoms with van der Waals surface area (Å²) in [5, 5.41) is 3.51. The van der Waals surface area contributed by atoms with E-state index in [2.05, 4.69) is 24.1 Å². The van der Waals surface area contributed by atoms with Crippen molar-refractivity contribution in [1.29, 1.82) is 0 Å². The molecule has 0 spiro atoms. The van der Waals surface area contributed by atoms with Crippen molar-refractivity contribution in [1.82, 2.24) is 10.2 Å². The highest BCUT2D eigenvalue weighted by atomic mass is 16.5. The molecule has 0 aromatic carbocycles. The summed E-state index contributed by atoms with van der Waals surface area (Å²) in [6.07, 6.45) is 3.89. The van der Waals surface area contributed by atoms with E-state index in [-0.39, 0.29) is 0 Å². The van der Waals surface area contributed by atoms with E-state index >= 15 is 0 Å². The maximum atomic E-state index is 5.42. The van der Waals surface area contributed by atoms with Gasteiger partial charge < -0.3 is 10.1 Å². The minimum atomic E-state index is 0.825. The van der Waals surface area contributed by atoms with E-state index in [0.717, 1.165) is 19.3 Å². The van der Waals surface area contributed by atoms with Gasteiger partial charge in [-0.1, -0.05) is 6.92 Å². The Morgan fingerprint density at radius 2 is 2.00 bits per heavy atom. The Labute approximate surface area is 94.2 Å². The minimum Gasteiger partial charge on any atom is -0.366 e. The SMILES string of the molecule is CCCNCC1CCN(COCC)CC1. The molecule has 1 fully saturated rings. The summed E-state index contributed by atoms with van der Waals surface area (Å²) in [4.78, 5) is 2.42. The summed E-state index contributed by atoms with van der Waals surface area (Å²) < 4.78 is 5.42. The average Bonchev–Trinajstić information content (AvgIpc) is 2.28. The number of nitrogens with zero attached hydrogens (tertiary/aromatic N) is 1. The highest BCUT2D eigenvalue weighted by Crippen LogP contribution is 2.15. The van der Waals surface area contributed by atoms with E-state index < -0.39 is 0 Å². The molecule has 1 heterocycles. The molecule has 0 aliphatic carbocycles. The lowest BCUT2D eigenvalue weighted by molar-refractivity contribution is 0.0167. The van der Waals surface area contributed by atoms with Crippen LogP contribution >= 0.6 is 0 Å². The van der Waals surface area contributed by atoms with Gasteiger partial charge in [-0.05, 0) is 45.2 Å². The molecule has 0 aromatic heterocycles. The first-order chi connectivity index (χ1) is 7.36. The minimum absolute atomic E-state index is 0.825. The number of nitrogens with one attached hydrogen (secondary N) is 1. The number of hydrogen-bond donors (Lipinski definition) is 1.